The van der Waals surface area contributed by atoms with E-state index in [-0.39, 0.29) is 17.4 Å². The van der Waals surface area contributed by atoms with Gasteiger partial charge in [0, 0.05) is 11.5 Å². The van der Waals surface area contributed by atoms with Gasteiger partial charge in [-0.1, -0.05) is 55.7 Å². The predicted octanol–water partition coefficient (Wildman–Crippen LogP) is 4.34. The van der Waals surface area contributed by atoms with Crippen LogP contribution >= 0.6 is 0 Å². The molecule has 4 heteroatoms. The van der Waals surface area contributed by atoms with Gasteiger partial charge in [-0.15, -0.1) is 0 Å². The molecule has 1 saturated carbocycles. The lowest BCUT2D eigenvalue weighted by Crippen LogP contribution is -2.51. The van der Waals surface area contributed by atoms with E-state index in [0.717, 1.165) is 30.1 Å². The van der Waals surface area contributed by atoms with Crippen LogP contribution in [0, 0.1) is 12.8 Å². The fourth-order valence-corrected chi connectivity index (χ4v) is 4.31. The number of imidazole rings is 1. The van der Waals surface area contributed by atoms with Crippen LogP contribution in [0.15, 0.2) is 36.4 Å². The van der Waals surface area contributed by atoms with Crippen LogP contribution in [0.25, 0.3) is 17.3 Å². The van der Waals surface area contributed by atoms with Crippen molar-refractivity contribution in [2.75, 3.05) is 0 Å². The summed E-state index contributed by atoms with van der Waals surface area (Å²) in [6.07, 6.45) is 9.81. The molecule has 1 aliphatic carbocycles. The fraction of sp³-hybridized carbons (Fsp3) is 0.455. The fourth-order valence-electron chi connectivity index (χ4n) is 4.31. The molecule has 1 aromatic heterocycles. The molecule has 1 fully saturated rings. The number of amides is 1. The van der Waals surface area contributed by atoms with Crippen LogP contribution in [0.1, 0.15) is 50.5 Å². The Kier molecular flexibility index (Phi) is 4.43. The Labute approximate surface area is 155 Å². The van der Waals surface area contributed by atoms with Crippen molar-refractivity contribution in [1.82, 2.24) is 14.9 Å². The number of carbonyl (C=O) groups is 1. The van der Waals surface area contributed by atoms with Gasteiger partial charge in [0.2, 0.25) is 5.91 Å². The lowest BCUT2D eigenvalue weighted by atomic mass is 9.87. The number of fused-ring (bicyclic) bond motifs is 1. The Morgan fingerprint density at radius 3 is 2.65 bits per heavy atom. The highest BCUT2D eigenvalue weighted by atomic mass is 16.2. The topological polar surface area (TPSA) is 46.9 Å². The minimum absolute atomic E-state index is 0.175. The molecule has 136 valence electrons. The normalized spacial score (nSPS) is 22.8. The monoisotopic (exact) mass is 349 g/mol. The zero-order valence-electron chi connectivity index (χ0n) is 15.7. The van der Waals surface area contributed by atoms with E-state index < -0.39 is 0 Å². The molecule has 1 atom stereocenters. The van der Waals surface area contributed by atoms with Crippen LogP contribution in [0.2, 0.25) is 0 Å². The number of nitrogens with one attached hydrogen (secondary N) is 1. The molecule has 0 bridgehead atoms. The summed E-state index contributed by atoms with van der Waals surface area (Å²) >= 11 is 0. The van der Waals surface area contributed by atoms with Gasteiger partial charge in [-0.2, -0.15) is 0 Å². The molecule has 2 heterocycles. The molecule has 0 spiro atoms. The molecule has 2 aliphatic rings. The van der Waals surface area contributed by atoms with Crippen molar-refractivity contribution in [3.8, 4) is 11.3 Å². The number of hydrogen-bond acceptors (Lipinski definition) is 2. The van der Waals surface area contributed by atoms with Crippen LogP contribution in [-0.2, 0) is 11.3 Å². The summed E-state index contributed by atoms with van der Waals surface area (Å²) in [4.78, 5) is 17.5. The number of aryl methyl sites for hydroxylation is 1. The zero-order valence-corrected chi connectivity index (χ0v) is 15.7. The van der Waals surface area contributed by atoms with Gasteiger partial charge in [-0.25, -0.2) is 4.98 Å². The number of aromatic nitrogens is 2. The van der Waals surface area contributed by atoms with Gasteiger partial charge in [0.05, 0.1) is 23.5 Å². The van der Waals surface area contributed by atoms with E-state index in [1.165, 1.54) is 24.8 Å². The van der Waals surface area contributed by atoms with Crippen molar-refractivity contribution < 1.29 is 4.79 Å². The molecular formula is C22H27N3O. The Hall–Kier alpha value is -2.36. The van der Waals surface area contributed by atoms with E-state index in [1.54, 1.807) is 0 Å². The molecule has 4 nitrogen and oxygen atoms in total. The first kappa shape index (κ1) is 17.1. The maximum atomic E-state index is 12.8. The van der Waals surface area contributed by atoms with Crippen molar-refractivity contribution in [2.24, 2.45) is 5.92 Å². The smallest absolute Gasteiger partial charge is 0.223 e. The summed E-state index contributed by atoms with van der Waals surface area (Å²) in [5.74, 6) is 1.35. The molecule has 1 amide bonds. The summed E-state index contributed by atoms with van der Waals surface area (Å²) in [5.41, 5.74) is 2.96. The number of benzene rings is 1. The van der Waals surface area contributed by atoms with Crippen LogP contribution < -0.4 is 5.32 Å². The number of nitrogens with zero attached hydrogens (tertiary/aromatic N) is 2. The van der Waals surface area contributed by atoms with E-state index in [4.69, 9.17) is 4.98 Å². The summed E-state index contributed by atoms with van der Waals surface area (Å²) < 4.78 is 2.24. The first-order chi connectivity index (χ1) is 12.6. The standard InChI is InChI=1S/C22H27N3O/c1-16-20(17-9-5-3-6-10-17)25-15-22(2,14-13-19(25)23-16)24-21(26)18-11-7-4-8-12-18/h3,5-6,9-10,13-14,18H,4,7-8,11-12,15H2,1-2H3,(H,24,26). The van der Waals surface area contributed by atoms with Gasteiger partial charge in [0.15, 0.2) is 0 Å². The second-order valence-electron chi connectivity index (χ2n) is 7.93. The average molecular weight is 349 g/mol. The van der Waals surface area contributed by atoms with Crippen molar-refractivity contribution in [3.05, 3.63) is 47.9 Å². The van der Waals surface area contributed by atoms with Gasteiger partial charge in [0.25, 0.3) is 0 Å². The van der Waals surface area contributed by atoms with Crippen molar-refractivity contribution in [2.45, 2.75) is 58.0 Å². The van der Waals surface area contributed by atoms with E-state index >= 15 is 0 Å². The lowest BCUT2D eigenvalue weighted by Gasteiger charge is -2.34. The van der Waals surface area contributed by atoms with Gasteiger partial charge in [-0.05, 0) is 32.8 Å². The third kappa shape index (κ3) is 3.20. The van der Waals surface area contributed by atoms with Crippen molar-refractivity contribution in [1.29, 1.82) is 0 Å². The van der Waals surface area contributed by atoms with E-state index in [1.807, 2.05) is 12.1 Å². The quantitative estimate of drug-likeness (QED) is 0.896. The molecule has 2 aromatic rings. The number of hydrogen-bond donors (Lipinski definition) is 1. The van der Waals surface area contributed by atoms with Crippen LogP contribution in [0.3, 0.4) is 0 Å². The molecule has 1 aliphatic heterocycles. The summed E-state index contributed by atoms with van der Waals surface area (Å²) in [6.45, 7) is 4.87. The number of carbonyl (C=O) groups excluding carboxylic acids is 1. The molecule has 4 rings (SSSR count). The van der Waals surface area contributed by atoms with Crippen LogP contribution in [-0.4, -0.2) is 21.0 Å². The number of rotatable bonds is 3. The van der Waals surface area contributed by atoms with Gasteiger partial charge in [0.1, 0.15) is 5.82 Å². The van der Waals surface area contributed by atoms with Crippen LogP contribution in [0.4, 0.5) is 0 Å². The van der Waals surface area contributed by atoms with E-state index in [2.05, 4.69) is 54.1 Å². The maximum absolute atomic E-state index is 12.8. The van der Waals surface area contributed by atoms with Gasteiger partial charge >= 0.3 is 0 Å². The third-order valence-corrected chi connectivity index (χ3v) is 5.69. The molecule has 1 unspecified atom stereocenters. The summed E-state index contributed by atoms with van der Waals surface area (Å²) in [6, 6.07) is 10.4. The third-order valence-electron chi connectivity index (χ3n) is 5.69. The minimum atomic E-state index is -0.377. The SMILES string of the molecule is Cc1nc2n(c1-c1ccccc1)CC(C)(NC(=O)C1CCCCC1)C=C2. The van der Waals surface area contributed by atoms with Gasteiger partial charge in [-0.3, -0.25) is 4.79 Å². The Morgan fingerprint density at radius 2 is 1.92 bits per heavy atom. The van der Waals surface area contributed by atoms with E-state index in [0.29, 0.717) is 6.54 Å². The first-order valence-electron chi connectivity index (χ1n) is 9.69. The second-order valence-corrected chi connectivity index (χ2v) is 7.93. The predicted molar refractivity (Wildman–Crippen MR) is 105 cm³/mol. The van der Waals surface area contributed by atoms with Gasteiger partial charge < -0.3 is 9.88 Å². The van der Waals surface area contributed by atoms with E-state index in [9.17, 15) is 4.79 Å². The Balaban J connectivity index is 1.59. The highest BCUT2D eigenvalue weighted by molar-refractivity contribution is 5.80. The second kappa shape index (κ2) is 6.75. The van der Waals surface area contributed by atoms with Crippen molar-refractivity contribution in [3.63, 3.8) is 0 Å². The highest BCUT2D eigenvalue weighted by Gasteiger charge is 2.33. The Morgan fingerprint density at radius 1 is 1.19 bits per heavy atom. The summed E-state index contributed by atoms with van der Waals surface area (Å²) in [7, 11) is 0. The molecular weight excluding hydrogens is 322 g/mol. The van der Waals surface area contributed by atoms with Crippen molar-refractivity contribution >= 4 is 12.0 Å². The molecule has 0 saturated heterocycles. The first-order valence-corrected chi connectivity index (χ1v) is 9.69. The molecule has 26 heavy (non-hydrogen) atoms. The minimum Gasteiger partial charge on any atom is -0.345 e. The zero-order chi connectivity index (χ0) is 18.1. The largest absolute Gasteiger partial charge is 0.345 e. The molecule has 0 radical (unpaired) electrons. The highest BCUT2D eigenvalue weighted by Crippen LogP contribution is 2.31. The average Bonchev–Trinajstić information content (AvgIpc) is 2.97. The Bertz CT molecular complexity index is 831. The summed E-state index contributed by atoms with van der Waals surface area (Å²) in [5, 5.41) is 3.32. The lowest BCUT2D eigenvalue weighted by molar-refractivity contribution is -0.127. The maximum Gasteiger partial charge on any atom is 0.223 e. The molecule has 1 aromatic carbocycles. The van der Waals surface area contributed by atoms with Crippen LogP contribution in [0.5, 0.6) is 0 Å². The molecule has 1 N–H and O–H groups in total.